The molecule has 7 nitrogen and oxygen atoms in total. The van der Waals surface area contributed by atoms with Crippen molar-refractivity contribution in [3.63, 3.8) is 0 Å². The van der Waals surface area contributed by atoms with Gasteiger partial charge in [-0.2, -0.15) is 0 Å². The summed E-state index contributed by atoms with van der Waals surface area (Å²) in [6.07, 6.45) is 0.633. The number of benzene rings is 1. The highest BCUT2D eigenvalue weighted by atomic mass is 16.6. The minimum Gasteiger partial charge on any atom is -0.485 e. The molecule has 0 spiro atoms. The molecule has 2 rings (SSSR count). The van der Waals surface area contributed by atoms with Crippen LogP contribution < -0.4 is 9.47 Å². The number of carbonyl (C=O) groups excluding carboxylic acids is 2. The van der Waals surface area contributed by atoms with Crippen LogP contribution in [-0.2, 0) is 25.5 Å². The zero-order valence-electron chi connectivity index (χ0n) is 16.9. The lowest BCUT2D eigenvalue weighted by molar-refractivity contribution is -0.162. The van der Waals surface area contributed by atoms with Gasteiger partial charge in [0.15, 0.2) is 11.5 Å². The maximum absolute atomic E-state index is 12.0. The average molecular weight is 379 g/mol. The first kappa shape index (κ1) is 21.0. The standard InChI is InChI=1S/C20H29NO6/c1-13(21(15(3)22)11-14(2)24-5)9-16-7-8-17-18(10-16)26-12-20(4,27-17)19(23)25-6/h7-8,10,13-14H,9,11-12H2,1-6H3. The van der Waals surface area contributed by atoms with E-state index in [-0.39, 0.29) is 24.7 Å². The Kier molecular flexibility index (Phi) is 6.70. The molecule has 150 valence electrons. The highest BCUT2D eigenvalue weighted by Crippen LogP contribution is 2.36. The third-order valence-electron chi connectivity index (χ3n) is 4.79. The first-order chi connectivity index (χ1) is 12.7. The monoisotopic (exact) mass is 379 g/mol. The molecule has 0 N–H and O–H groups in total. The fourth-order valence-corrected chi connectivity index (χ4v) is 3.10. The van der Waals surface area contributed by atoms with Gasteiger partial charge in [0, 0.05) is 26.6 Å². The van der Waals surface area contributed by atoms with Crippen LogP contribution in [0.3, 0.4) is 0 Å². The second kappa shape index (κ2) is 8.61. The summed E-state index contributed by atoms with van der Waals surface area (Å²) in [6, 6.07) is 5.59. The van der Waals surface area contributed by atoms with Crippen LogP contribution in [0.5, 0.6) is 11.5 Å². The number of methoxy groups -OCH3 is 2. The summed E-state index contributed by atoms with van der Waals surface area (Å²) in [7, 11) is 2.96. The van der Waals surface area contributed by atoms with E-state index >= 15 is 0 Å². The van der Waals surface area contributed by atoms with Crippen molar-refractivity contribution in [3.8, 4) is 11.5 Å². The van der Waals surface area contributed by atoms with Gasteiger partial charge in [0.05, 0.1) is 13.2 Å². The number of esters is 1. The summed E-state index contributed by atoms with van der Waals surface area (Å²) in [5, 5.41) is 0. The number of amides is 1. The van der Waals surface area contributed by atoms with E-state index in [0.717, 1.165) is 5.56 Å². The molecule has 27 heavy (non-hydrogen) atoms. The van der Waals surface area contributed by atoms with E-state index in [2.05, 4.69) is 0 Å². The third kappa shape index (κ3) is 4.91. The molecule has 3 unspecified atom stereocenters. The van der Waals surface area contributed by atoms with Crippen LogP contribution in [0.4, 0.5) is 0 Å². The molecule has 1 aliphatic heterocycles. The molecule has 1 aromatic rings. The molecule has 0 aliphatic carbocycles. The van der Waals surface area contributed by atoms with Crippen molar-refractivity contribution in [3.05, 3.63) is 23.8 Å². The number of nitrogens with zero attached hydrogens (tertiary/aromatic N) is 1. The van der Waals surface area contributed by atoms with Crippen LogP contribution in [-0.4, -0.2) is 61.9 Å². The summed E-state index contributed by atoms with van der Waals surface area (Å²) in [5.74, 6) is 0.621. The fraction of sp³-hybridized carbons (Fsp3) is 0.600. The highest BCUT2D eigenvalue weighted by Gasteiger charge is 2.42. The van der Waals surface area contributed by atoms with Gasteiger partial charge in [0.25, 0.3) is 0 Å². The molecule has 1 aromatic carbocycles. The number of ether oxygens (including phenoxy) is 4. The number of rotatable bonds is 7. The van der Waals surface area contributed by atoms with Crippen molar-refractivity contribution in [2.75, 3.05) is 27.4 Å². The molecular weight excluding hydrogens is 350 g/mol. The Bertz CT molecular complexity index is 691. The van der Waals surface area contributed by atoms with Crippen LogP contribution >= 0.6 is 0 Å². The molecule has 0 saturated carbocycles. The molecule has 0 radical (unpaired) electrons. The Hall–Kier alpha value is -2.28. The number of carbonyl (C=O) groups is 2. The maximum Gasteiger partial charge on any atom is 0.353 e. The largest absolute Gasteiger partial charge is 0.485 e. The Labute approximate surface area is 160 Å². The van der Waals surface area contributed by atoms with E-state index in [1.165, 1.54) is 7.11 Å². The summed E-state index contributed by atoms with van der Waals surface area (Å²) >= 11 is 0. The van der Waals surface area contributed by atoms with Crippen LogP contribution in [0.15, 0.2) is 18.2 Å². The summed E-state index contributed by atoms with van der Waals surface area (Å²) in [5.41, 5.74) is -0.138. The fourth-order valence-electron chi connectivity index (χ4n) is 3.10. The van der Waals surface area contributed by atoms with Gasteiger partial charge in [-0.1, -0.05) is 6.07 Å². The Morgan fingerprint density at radius 1 is 1.26 bits per heavy atom. The van der Waals surface area contributed by atoms with Gasteiger partial charge in [-0.3, -0.25) is 4.79 Å². The van der Waals surface area contributed by atoms with Crippen LogP contribution in [0.25, 0.3) is 0 Å². The molecule has 1 amide bonds. The first-order valence-corrected chi connectivity index (χ1v) is 9.03. The van der Waals surface area contributed by atoms with Crippen LogP contribution in [0.1, 0.15) is 33.3 Å². The Morgan fingerprint density at radius 3 is 2.56 bits per heavy atom. The number of hydrogen-bond acceptors (Lipinski definition) is 6. The molecule has 0 fully saturated rings. The smallest absolute Gasteiger partial charge is 0.353 e. The van der Waals surface area contributed by atoms with E-state index in [4.69, 9.17) is 18.9 Å². The lowest BCUT2D eigenvalue weighted by atomic mass is 10.0. The van der Waals surface area contributed by atoms with E-state index in [1.54, 1.807) is 31.9 Å². The lowest BCUT2D eigenvalue weighted by Gasteiger charge is -2.33. The van der Waals surface area contributed by atoms with Crippen molar-refractivity contribution in [1.82, 2.24) is 4.90 Å². The predicted octanol–water partition coefficient (Wildman–Crippen LogP) is 2.20. The summed E-state index contributed by atoms with van der Waals surface area (Å²) in [6.45, 7) is 7.77. The van der Waals surface area contributed by atoms with Crippen LogP contribution in [0.2, 0.25) is 0 Å². The van der Waals surface area contributed by atoms with Gasteiger partial charge < -0.3 is 23.8 Å². The average Bonchev–Trinajstić information content (AvgIpc) is 2.64. The zero-order chi connectivity index (χ0) is 20.2. The van der Waals surface area contributed by atoms with Crippen molar-refractivity contribution < 1.29 is 28.5 Å². The highest BCUT2D eigenvalue weighted by molar-refractivity contribution is 5.80. The van der Waals surface area contributed by atoms with Gasteiger partial charge in [0.1, 0.15) is 6.61 Å². The van der Waals surface area contributed by atoms with Gasteiger partial charge in [-0.05, 0) is 44.9 Å². The van der Waals surface area contributed by atoms with Gasteiger partial charge in [0.2, 0.25) is 11.5 Å². The van der Waals surface area contributed by atoms with Gasteiger partial charge in [-0.15, -0.1) is 0 Å². The second-order valence-corrected chi connectivity index (χ2v) is 7.17. The molecule has 7 heteroatoms. The Morgan fingerprint density at radius 2 is 1.96 bits per heavy atom. The van der Waals surface area contributed by atoms with E-state index in [0.29, 0.717) is 24.5 Å². The molecular formula is C20H29NO6. The molecule has 0 aromatic heterocycles. The zero-order valence-corrected chi connectivity index (χ0v) is 16.9. The topological polar surface area (TPSA) is 74.3 Å². The predicted molar refractivity (Wildman–Crippen MR) is 100 cm³/mol. The maximum atomic E-state index is 12.0. The molecule has 0 saturated heterocycles. The van der Waals surface area contributed by atoms with Crippen LogP contribution in [0, 0.1) is 0 Å². The lowest BCUT2D eigenvalue weighted by Crippen LogP contribution is -2.49. The Balaban J connectivity index is 2.11. The second-order valence-electron chi connectivity index (χ2n) is 7.17. The summed E-state index contributed by atoms with van der Waals surface area (Å²) < 4.78 is 21.6. The van der Waals surface area contributed by atoms with Crippen molar-refractivity contribution in [2.24, 2.45) is 0 Å². The minimum absolute atomic E-state index is 0.00277. The van der Waals surface area contributed by atoms with E-state index in [9.17, 15) is 9.59 Å². The number of hydrogen-bond donors (Lipinski definition) is 0. The molecule has 1 aliphatic rings. The molecule has 0 bridgehead atoms. The normalized spacial score (nSPS) is 20.5. The van der Waals surface area contributed by atoms with Crippen molar-refractivity contribution in [2.45, 2.75) is 51.9 Å². The van der Waals surface area contributed by atoms with Crippen molar-refractivity contribution >= 4 is 11.9 Å². The quantitative estimate of drug-likeness (QED) is 0.676. The SMILES string of the molecule is COC(=O)C1(C)COc2cc(CC(C)N(CC(C)OC)C(C)=O)ccc2O1. The van der Waals surface area contributed by atoms with E-state index < -0.39 is 11.6 Å². The van der Waals surface area contributed by atoms with E-state index in [1.807, 2.05) is 26.0 Å². The molecule has 3 atom stereocenters. The third-order valence-corrected chi connectivity index (χ3v) is 4.79. The first-order valence-electron chi connectivity index (χ1n) is 9.03. The number of fused-ring (bicyclic) bond motifs is 1. The summed E-state index contributed by atoms with van der Waals surface area (Å²) in [4.78, 5) is 25.7. The van der Waals surface area contributed by atoms with Crippen molar-refractivity contribution in [1.29, 1.82) is 0 Å². The molecule has 1 heterocycles. The van der Waals surface area contributed by atoms with Gasteiger partial charge >= 0.3 is 5.97 Å². The minimum atomic E-state index is -1.15. The van der Waals surface area contributed by atoms with Gasteiger partial charge in [-0.25, -0.2) is 4.79 Å².